The Labute approximate surface area is 127 Å². The molecule has 1 heterocycles. The summed E-state index contributed by atoms with van der Waals surface area (Å²) in [5.74, 6) is -0.361. The molecule has 0 aliphatic carbocycles. The van der Waals surface area contributed by atoms with Crippen molar-refractivity contribution in [3.63, 3.8) is 0 Å². The SMILES string of the molecule is CCNCC1CCCN(Cc2c(F)ccc(Br)c2F)C1. The molecule has 1 N–H and O–H groups in total. The number of rotatable bonds is 5. The van der Waals surface area contributed by atoms with Crippen molar-refractivity contribution >= 4 is 15.9 Å². The first-order valence-corrected chi connectivity index (χ1v) is 7.96. The minimum Gasteiger partial charge on any atom is -0.317 e. The first kappa shape index (κ1) is 15.9. The van der Waals surface area contributed by atoms with Gasteiger partial charge >= 0.3 is 0 Å². The molecule has 1 aliphatic rings. The Hall–Kier alpha value is -0.520. The summed E-state index contributed by atoms with van der Waals surface area (Å²) in [4.78, 5) is 2.15. The van der Waals surface area contributed by atoms with Gasteiger partial charge in [-0.05, 0) is 66.5 Å². The van der Waals surface area contributed by atoms with Gasteiger partial charge in [0, 0.05) is 18.7 Å². The molecule has 1 aromatic rings. The Morgan fingerprint density at radius 2 is 2.20 bits per heavy atom. The average Bonchev–Trinajstić information content (AvgIpc) is 2.46. The molecule has 0 radical (unpaired) electrons. The van der Waals surface area contributed by atoms with Gasteiger partial charge in [-0.2, -0.15) is 0 Å². The van der Waals surface area contributed by atoms with Crippen molar-refractivity contribution in [2.24, 2.45) is 5.92 Å². The standard InChI is InChI=1S/C15H21BrF2N2/c1-2-19-8-11-4-3-7-20(9-11)10-12-14(17)6-5-13(16)15(12)18/h5-6,11,19H,2-4,7-10H2,1H3. The number of hydrogen-bond donors (Lipinski definition) is 1. The largest absolute Gasteiger partial charge is 0.317 e. The normalized spacial score (nSPS) is 20.3. The molecule has 20 heavy (non-hydrogen) atoms. The maximum absolute atomic E-state index is 14.0. The van der Waals surface area contributed by atoms with Crippen molar-refractivity contribution in [2.75, 3.05) is 26.2 Å². The third-order valence-corrected chi connectivity index (χ3v) is 4.42. The zero-order chi connectivity index (χ0) is 14.5. The lowest BCUT2D eigenvalue weighted by molar-refractivity contribution is 0.162. The van der Waals surface area contributed by atoms with E-state index in [4.69, 9.17) is 0 Å². The molecule has 5 heteroatoms. The summed E-state index contributed by atoms with van der Waals surface area (Å²) in [5.41, 5.74) is 0.170. The van der Waals surface area contributed by atoms with E-state index in [9.17, 15) is 8.78 Å². The zero-order valence-corrected chi connectivity index (χ0v) is 13.3. The number of hydrogen-bond acceptors (Lipinski definition) is 2. The van der Waals surface area contributed by atoms with Gasteiger partial charge in [0.1, 0.15) is 11.6 Å². The lowest BCUT2D eigenvalue weighted by Gasteiger charge is -2.33. The first-order valence-electron chi connectivity index (χ1n) is 7.17. The predicted molar refractivity (Wildman–Crippen MR) is 80.6 cm³/mol. The van der Waals surface area contributed by atoms with Gasteiger partial charge in [-0.1, -0.05) is 6.92 Å². The Morgan fingerprint density at radius 1 is 1.40 bits per heavy atom. The fourth-order valence-electron chi connectivity index (χ4n) is 2.75. The van der Waals surface area contributed by atoms with Crippen molar-refractivity contribution in [1.29, 1.82) is 0 Å². The average molecular weight is 347 g/mol. The fourth-order valence-corrected chi connectivity index (χ4v) is 3.12. The van der Waals surface area contributed by atoms with E-state index in [0.29, 0.717) is 16.9 Å². The van der Waals surface area contributed by atoms with Crippen molar-refractivity contribution in [2.45, 2.75) is 26.3 Å². The first-order chi connectivity index (χ1) is 9.61. The minimum atomic E-state index is -0.473. The van der Waals surface area contributed by atoms with Crippen molar-refractivity contribution in [3.8, 4) is 0 Å². The molecular weight excluding hydrogens is 326 g/mol. The third-order valence-electron chi connectivity index (χ3n) is 3.81. The molecule has 1 atom stereocenters. The number of benzene rings is 1. The second-order valence-electron chi connectivity index (χ2n) is 5.37. The Morgan fingerprint density at radius 3 is 2.95 bits per heavy atom. The molecule has 1 unspecified atom stereocenters. The minimum absolute atomic E-state index is 0.170. The lowest BCUT2D eigenvalue weighted by atomic mass is 9.97. The van der Waals surface area contributed by atoms with Gasteiger partial charge in [0.15, 0.2) is 0 Å². The number of nitrogens with zero attached hydrogens (tertiary/aromatic N) is 1. The summed E-state index contributed by atoms with van der Waals surface area (Å²) in [6.07, 6.45) is 2.28. The smallest absolute Gasteiger partial charge is 0.144 e. The van der Waals surface area contributed by atoms with E-state index in [0.717, 1.165) is 32.6 Å². The lowest BCUT2D eigenvalue weighted by Crippen LogP contribution is -2.39. The van der Waals surface area contributed by atoms with Gasteiger partial charge < -0.3 is 5.32 Å². The van der Waals surface area contributed by atoms with Crippen LogP contribution in [-0.2, 0) is 6.54 Å². The molecule has 0 amide bonds. The van der Waals surface area contributed by atoms with Gasteiger partial charge in [0.25, 0.3) is 0 Å². The van der Waals surface area contributed by atoms with Crippen LogP contribution in [0.1, 0.15) is 25.3 Å². The van der Waals surface area contributed by atoms with E-state index in [2.05, 4.69) is 33.1 Å². The number of nitrogens with one attached hydrogen (secondary N) is 1. The van der Waals surface area contributed by atoms with Crippen molar-refractivity contribution in [3.05, 3.63) is 33.8 Å². The molecule has 0 saturated carbocycles. The number of halogens is 3. The maximum Gasteiger partial charge on any atom is 0.144 e. The Kier molecular flexibility index (Phi) is 5.93. The molecule has 0 aromatic heterocycles. The van der Waals surface area contributed by atoms with Gasteiger partial charge in [-0.15, -0.1) is 0 Å². The maximum atomic E-state index is 14.0. The summed E-state index contributed by atoms with van der Waals surface area (Å²) >= 11 is 3.12. The topological polar surface area (TPSA) is 15.3 Å². The molecule has 112 valence electrons. The molecule has 2 rings (SSSR count). The van der Waals surface area contributed by atoms with Crippen LogP contribution in [-0.4, -0.2) is 31.1 Å². The van der Waals surface area contributed by atoms with Crippen LogP contribution in [0.15, 0.2) is 16.6 Å². The molecule has 1 saturated heterocycles. The van der Waals surface area contributed by atoms with E-state index >= 15 is 0 Å². The van der Waals surface area contributed by atoms with Crippen LogP contribution in [0.5, 0.6) is 0 Å². The molecule has 1 aromatic carbocycles. The van der Waals surface area contributed by atoms with E-state index in [-0.39, 0.29) is 5.56 Å². The van der Waals surface area contributed by atoms with Crippen LogP contribution in [0.4, 0.5) is 8.78 Å². The highest BCUT2D eigenvalue weighted by atomic mass is 79.9. The number of piperidine rings is 1. The van der Waals surface area contributed by atoms with E-state index < -0.39 is 11.6 Å². The molecular formula is C15H21BrF2N2. The van der Waals surface area contributed by atoms with Gasteiger partial charge in [0.05, 0.1) is 4.47 Å². The number of likely N-dealkylation sites (tertiary alicyclic amines) is 1. The summed E-state index contributed by atoms with van der Waals surface area (Å²) in [5, 5.41) is 3.35. The van der Waals surface area contributed by atoms with Crippen LogP contribution in [0.3, 0.4) is 0 Å². The summed E-state index contributed by atoms with van der Waals surface area (Å²) in [6.45, 7) is 6.20. The summed E-state index contributed by atoms with van der Waals surface area (Å²) in [7, 11) is 0. The van der Waals surface area contributed by atoms with Gasteiger partial charge in [0.2, 0.25) is 0 Å². The second-order valence-corrected chi connectivity index (χ2v) is 6.23. The summed E-state index contributed by atoms with van der Waals surface area (Å²) < 4.78 is 28.1. The van der Waals surface area contributed by atoms with Gasteiger partial charge in [-0.25, -0.2) is 8.78 Å². The van der Waals surface area contributed by atoms with Crippen molar-refractivity contribution in [1.82, 2.24) is 10.2 Å². The van der Waals surface area contributed by atoms with E-state index in [1.54, 1.807) is 0 Å². The van der Waals surface area contributed by atoms with Crippen LogP contribution >= 0.6 is 15.9 Å². The molecule has 1 fully saturated rings. The fraction of sp³-hybridized carbons (Fsp3) is 0.600. The van der Waals surface area contributed by atoms with Crippen molar-refractivity contribution < 1.29 is 8.78 Å². The Bertz CT molecular complexity index is 454. The van der Waals surface area contributed by atoms with Crippen LogP contribution < -0.4 is 5.32 Å². The highest BCUT2D eigenvalue weighted by molar-refractivity contribution is 9.10. The molecule has 0 bridgehead atoms. The second kappa shape index (κ2) is 7.48. The van der Waals surface area contributed by atoms with Gasteiger partial charge in [-0.3, -0.25) is 4.90 Å². The van der Waals surface area contributed by atoms with E-state index in [1.807, 2.05) is 0 Å². The third kappa shape index (κ3) is 3.99. The molecule has 2 nitrogen and oxygen atoms in total. The highest BCUT2D eigenvalue weighted by Gasteiger charge is 2.22. The molecule has 0 spiro atoms. The van der Waals surface area contributed by atoms with E-state index in [1.165, 1.54) is 18.6 Å². The molecule has 1 aliphatic heterocycles. The highest BCUT2D eigenvalue weighted by Crippen LogP contribution is 2.25. The quantitative estimate of drug-likeness (QED) is 0.820. The Balaban J connectivity index is 2.01. The predicted octanol–water partition coefficient (Wildman–Crippen LogP) is 3.55. The summed E-state index contributed by atoms with van der Waals surface area (Å²) in [6, 6.07) is 2.74. The van der Waals surface area contributed by atoms with Crippen LogP contribution in [0, 0.1) is 17.6 Å². The zero-order valence-electron chi connectivity index (χ0n) is 11.8. The van der Waals surface area contributed by atoms with Crippen LogP contribution in [0.2, 0.25) is 0 Å². The monoisotopic (exact) mass is 346 g/mol. The van der Waals surface area contributed by atoms with Crippen LogP contribution in [0.25, 0.3) is 0 Å².